The Morgan fingerprint density at radius 2 is 2.10 bits per heavy atom. The van der Waals surface area contributed by atoms with Gasteiger partial charge in [-0.2, -0.15) is 0 Å². The van der Waals surface area contributed by atoms with Gasteiger partial charge in [-0.3, -0.25) is 4.79 Å². The standard InChI is InChI=1S/C13H15Cl2NO4S/c1-20-13(6-3-7-13)8-16-12(17)11-9(14)4-2-5-10(11)21(15,18)19/h2,4-5H,3,6-8H2,1H3,(H,16,17). The number of rotatable bonds is 5. The van der Waals surface area contributed by atoms with Crippen LogP contribution < -0.4 is 5.32 Å². The highest BCUT2D eigenvalue weighted by Gasteiger charge is 2.37. The molecule has 116 valence electrons. The van der Waals surface area contributed by atoms with E-state index in [1.807, 2.05) is 0 Å². The lowest BCUT2D eigenvalue weighted by Gasteiger charge is -2.40. The van der Waals surface area contributed by atoms with E-state index in [-0.39, 0.29) is 21.1 Å². The van der Waals surface area contributed by atoms with Gasteiger partial charge < -0.3 is 10.1 Å². The Morgan fingerprint density at radius 3 is 2.57 bits per heavy atom. The average Bonchev–Trinajstić information content (AvgIpc) is 2.36. The van der Waals surface area contributed by atoms with Crippen LogP contribution in [-0.4, -0.2) is 33.6 Å². The van der Waals surface area contributed by atoms with Crippen molar-refractivity contribution in [3.8, 4) is 0 Å². The van der Waals surface area contributed by atoms with Crippen LogP contribution in [0.2, 0.25) is 5.02 Å². The van der Waals surface area contributed by atoms with Crippen LogP contribution in [0.5, 0.6) is 0 Å². The second-order valence-electron chi connectivity index (χ2n) is 4.97. The Balaban J connectivity index is 2.23. The normalized spacial score (nSPS) is 17.1. The first-order valence-corrected chi connectivity index (χ1v) is 9.04. The molecule has 0 spiro atoms. The minimum absolute atomic E-state index is 0.0364. The van der Waals surface area contributed by atoms with Crippen LogP contribution in [0.3, 0.4) is 0 Å². The number of hydrogen-bond acceptors (Lipinski definition) is 4. The summed E-state index contributed by atoms with van der Waals surface area (Å²) in [5.74, 6) is -0.580. The van der Waals surface area contributed by atoms with Gasteiger partial charge >= 0.3 is 0 Å². The molecule has 1 aromatic carbocycles. The number of amides is 1. The van der Waals surface area contributed by atoms with Gasteiger partial charge in [0.15, 0.2) is 0 Å². The summed E-state index contributed by atoms with van der Waals surface area (Å²) in [6.45, 7) is 0.301. The molecule has 0 saturated heterocycles. The fraction of sp³-hybridized carbons (Fsp3) is 0.462. The Morgan fingerprint density at radius 1 is 1.43 bits per heavy atom. The quantitative estimate of drug-likeness (QED) is 0.827. The number of nitrogens with one attached hydrogen (secondary N) is 1. The predicted octanol–water partition coefficient (Wildman–Crippen LogP) is 2.57. The highest BCUT2D eigenvalue weighted by atomic mass is 35.7. The summed E-state index contributed by atoms with van der Waals surface area (Å²) in [6.07, 6.45) is 2.75. The van der Waals surface area contributed by atoms with Crippen LogP contribution in [-0.2, 0) is 13.8 Å². The van der Waals surface area contributed by atoms with Crippen LogP contribution >= 0.6 is 22.3 Å². The summed E-state index contributed by atoms with van der Waals surface area (Å²) >= 11 is 5.95. The lowest BCUT2D eigenvalue weighted by Crippen LogP contribution is -2.49. The fourth-order valence-electron chi connectivity index (χ4n) is 2.28. The molecule has 1 amide bonds. The summed E-state index contributed by atoms with van der Waals surface area (Å²) < 4.78 is 28.5. The molecule has 0 radical (unpaired) electrons. The zero-order chi connectivity index (χ0) is 15.7. The lowest BCUT2D eigenvalue weighted by atomic mass is 9.80. The van der Waals surface area contributed by atoms with E-state index in [1.165, 1.54) is 18.2 Å². The molecule has 0 heterocycles. The molecular weight excluding hydrogens is 337 g/mol. The molecule has 0 bridgehead atoms. The fourth-order valence-corrected chi connectivity index (χ4v) is 3.67. The van der Waals surface area contributed by atoms with Gasteiger partial charge in [0, 0.05) is 24.3 Å². The van der Waals surface area contributed by atoms with Gasteiger partial charge in [0.25, 0.3) is 15.0 Å². The first kappa shape index (κ1) is 16.5. The van der Waals surface area contributed by atoms with E-state index < -0.39 is 15.0 Å². The van der Waals surface area contributed by atoms with E-state index in [4.69, 9.17) is 27.0 Å². The van der Waals surface area contributed by atoms with Gasteiger partial charge in [0.1, 0.15) is 0 Å². The van der Waals surface area contributed by atoms with E-state index >= 15 is 0 Å². The van der Waals surface area contributed by atoms with Crippen LogP contribution in [0.1, 0.15) is 29.6 Å². The average molecular weight is 352 g/mol. The van der Waals surface area contributed by atoms with E-state index in [2.05, 4.69) is 5.32 Å². The van der Waals surface area contributed by atoms with Gasteiger partial charge in [-0.1, -0.05) is 17.7 Å². The largest absolute Gasteiger partial charge is 0.376 e. The maximum Gasteiger partial charge on any atom is 0.262 e. The summed E-state index contributed by atoms with van der Waals surface area (Å²) in [5, 5.41) is 2.71. The number of hydrogen-bond donors (Lipinski definition) is 1. The smallest absolute Gasteiger partial charge is 0.262 e. The Kier molecular flexibility index (Phi) is 4.82. The Bertz CT molecular complexity index is 651. The van der Waals surface area contributed by atoms with E-state index in [0.717, 1.165) is 19.3 Å². The maximum atomic E-state index is 12.3. The molecule has 8 heteroatoms. The van der Waals surface area contributed by atoms with Crippen molar-refractivity contribution in [2.45, 2.75) is 29.8 Å². The van der Waals surface area contributed by atoms with Crippen LogP contribution in [0.4, 0.5) is 0 Å². The molecule has 1 aliphatic carbocycles. The van der Waals surface area contributed by atoms with Crippen molar-refractivity contribution in [2.75, 3.05) is 13.7 Å². The number of ether oxygens (including phenoxy) is 1. The molecule has 5 nitrogen and oxygen atoms in total. The molecule has 0 atom stereocenters. The molecule has 0 aliphatic heterocycles. The molecule has 1 N–H and O–H groups in total. The first-order valence-electron chi connectivity index (χ1n) is 6.36. The first-order chi connectivity index (χ1) is 9.79. The van der Waals surface area contributed by atoms with Gasteiger partial charge in [0.05, 0.1) is 21.1 Å². The van der Waals surface area contributed by atoms with E-state index in [0.29, 0.717) is 6.54 Å². The van der Waals surface area contributed by atoms with Crippen molar-refractivity contribution in [3.05, 3.63) is 28.8 Å². The molecular formula is C13H15Cl2NO4S. The maximum absolute atomic E-state index is 12.3. The van der Waals surface area contributed by atoms with Gasteiger partial charge in [-0.25, -0.2) is 8.42 Å². The molecule has 2 rings (SSSR count). The summed E-state index contributed by atoms with van der Waals surface area (Å²) in [5.41, 5.74) is -0.503. The molecule has 1 aliphatic rings. The van der Waals surface area contributed by atoms with Crippen molar-refractivity contribution in [2.24, 2.45) is 0 Å². The van der Waals surface area contributed by atoms with Crippen LogP contribution in [0, 0.1) is 0 Å². The van der Waals surface area contributed by atoms with Crippen molar-refractivity contribution in [1.29, 1.82) is 0 Å². The number of carbonyl (C=O) groups excluding carboxylic acids is 1. The predicted molar refractivity (Wildman–Crippen MR) is 80.4 cm³/mol. The molecule has 1 saturated carbocycles. The van der Waals surface area contributed by atoms with Crippen molar-refractivity contribution >= 4 is 37.2 Å². The van der Waals surface area contributed by atoms with E-state index in [1.54, 1.807) is 7.11 Å². The zero-order valence-electron chi connectivity index (χ0n) is 11.4. The number of benzene rings is 1. The minimum Gasteiger partial charge on any atom is -0.376 e. The van der Waals surface area contributed by atoms with Gasteiger partial charge in [0.2, 0.25) is 0 Å². The van der Waals surface area contributed by atoms with Gasteiger partial charge in [-0.05, 0) is 31.4 Å². The third kappa shape index (κ3) is 3.51. The third-order valence-electron chi connectivity index (χ3n) is 3.73. The summed E-state index contributed by atoms with van der Waals surface area (Å²) in [4.78, 5) is 12.0. The van der Waals surface area contributed by atoms with Crippen LogP contribution in [0.25, 0.3) is 0 Å². The third-order valence-corrected chi connectivity index (χ3v) is 5.41. The van der Waals surface area contributed by atoms with Crippen molar-refractivity contribution < 1.29 is 17.9 Å². The number of halogens is 2. The second kappa shape index (κ2) is 6.12. The minimum atomic E-state index is -4.06. The molecule has 0 unspecified atom stereocenters. The SMILES string of the molecule is COC1(CNC(=O)c2c(Cl)cccc2S(=O)(=O)Cl)CCC1. The summed E-state index contributed by atoms with van der Waals surface area (Å²) in [6, 6.07) is 4.12. The number of carbonyl (C=O) groups is 1. The van der Waals surface area contributed by atoms with Crippen molar-refractivity contribution in [1.82, 2.24) is 5.32 Å². The highest BCUT2D eigenvalue weighted by molar-refractivity contribution is 8.13. The second-order valence-corrected chi connectivity index (χ2v) is 7.92. The topological polar surface area (TPSA) is 72.5 Å². The Hall–Kier alpha value is -0.820. The molecule has 1 fully saturated rings. The van der Waals surface area contributed by atoms with Gasteiger partial charge in [-0.15, -0.1) is 0 Å². The van der Waals surface area contributed by atoms with Crippen molar-refractivity contribution in [3.63, 3.8) is 0 Å². The number of methoxy groups -OCH3 is 1. The highest BCUT2D eigenvalue weighted by Crippen LogP contribution is 2.34. The monoisotopic (exact) mass is 351 g/mol. The van der Waals surface area contributed by atoms with Crippen LogP contribution in [0.15, 0.2) is 23.1 Å². The molecule has 1 aromatic rings. The molecule has 0 aromatic heterocycles. The molecule has 21 heavy (non-hydrogen) atoms. The Labute approximate surface area is 133 Å². The summed E-state index contributed by atoms with van der Waals surface area (Å²) in [7, 11) is 2.88. The van der Waals surface area contributed by atoms with E-state index in [9.17, 15) is 13.2 Å². The zero-order valence-corrected chi connectivity index (χ0v) is 13.7. The lowest BCUT2D eigenvalue weighted by molar-refractivity contribution is -0.0679.